The van der Waals surface area contributed by atoms with Crippen LogP contribution in [0.4, 0.5) is 0 Å². The number of halogens is 3. The van der Waals surface area contributed by atoms with Gasteiger partial charge in [0.1, 0.15) is 0 Å². The van der Waals surface area contributed by atoms with Crippen molar-refractivity contribution < 1.29 is 0 Å². The fourth-order valence-electron chi connectivity index (χ4n) is 1.36. The van der Waals surface area contributed by atoms with Crippen LogP contribution < -0.4 is 0 Å². The van der Waals surface area contributed by atoms with Crippen molar-refractivity contribution in [3.63, 3.8) is 0 Å². The van der Waals surface area contributed by atoms with Crippen molar-refractivity contribution in [1.29, 1.82) is 0 Å². The zero-order valence-corrected chi connectivity index (χ0v) is 11.2. The Balaban J connectivity index is 2.73. The van der Waals surface area contributed by atoms with Gasteiger partial charge < -0.3 is 0 Å². The lowest BCUT2D eigenvalue weighted by molar-refractivity contribution is 0.508. The van der Waals surface area contributed by atoms with Crippen LogP contribution in [0.25, 0.3) is 0 Å². The molecule has 0 radical (unpaired) electrons. The Hall–Kier alpha value is 0.0900. The van der Waals surface area contributed by atoms with Crippen LogP contribution in [-0.4, -0.2) is 0 Å². The van der Waals surface area contributed by atoms with Crippen LogP contribution in [0.2, 0.25) is 10.0 Å². The fourth-order valence-corrected chi connectivity index (χ4v) is 2.11. The maximum Gasteiger partial charge on any atom is 0.0595 e. The van der Waals surface area contributed by atoms with E-state index < -0.39 is 0 Å². The SMILES string of the molecule is CCC(C)CC(Cl)c1ccc(Cl)c(Cl)c1. The smallest absolute Gasteiger partial charge is 0.0595 e. The van der Waals surface area contributed by atoms with E-state index in [9.17, 15) is 0 Å². The molecule has 0 heterocycles. The quantitative estimate of drug-likeness (QED) is 0.612. The molecule has 0 saturated heterocycles. The zero-order chi connectivity index (χ0) is 11.4. The molecule has 0 nitrogen and oxygen atoms in total. The van der Waals surface area contributed by atoms with Gasteiger partial charge in [0.2, 0.25) is 0 Å². The van der Waals surface area contributed by atoms with Gasteiger partial charge in [0.05, 0.1) is 15.4 Å². The third kappa shape index (κ3) is 3.86. The van der Waals surface area contributed by atoms with E-state index in [1.165, 1.54) is 0 Å². The molecule has 15 heavy (non-hydrogen) atoms. The zero-order valence-electron chi connectivity index (χ0n) is 8.93. The van der Waals surface area contributed by atoms with Crippen molar-refractivity contribution in [3.8, 4) is 0 Å². The Morgan fingerprint density at radius 1 is 1.20 bits per heavy atom. The summed E-state index contributed by atoms with van der Waals surface area (Å²) in [7, 11) is 0. The molecular weight excluding hydrogens is 250 g/mol. The molecule has 0 saturated carbocycles. The number of rotatable bonds is 4. The largest absolute Gasteiger partial charge is 0.118 e. The molecule has 1 rings (SSSR count). The minimum Gasteiger partial charge on any atom is -0.118 e. The highest BCUT2D eigenvalue weighted by Crippen LogP contribution is 2.32. The van der Waals surface area contributed by atoms with Gasteiger partial charge in [-0.25, -0.2) is 0 Å². The molecule has 1 aromatic carbocycles. The second kappa shape index (κ2) is 5.98. The predicted molar refractivity (Wildman–Crippen MR) is 69.1 cm³/mol. The molecule has 0 aromatic heterocycles. The van der Waals surface area contributed by atoms with E-state index in [2.05, 4.69) is 13.8 Å². The third-order valence-electron chi connectivity index (χ3n) is 2.61. The molecule has 0 aliphatic carbocycles. The lowest BCUT2D eigenvalue weighted by atomic mass is 9.99. The molecule has 0 aliphatic rings. The van der Waals surface area contributed by atoms with E-state index in [0.717, 1.165) is 18.4 Å². The molecule has 3 heteroatoms. The van der Waals surface area contributed by atoms with Crippen molar-refractivity contribution >= 4 is 34.8 Å². The van der Waals surface area contributed by atoms with Crippen LogP contribution in [-0.2, 0) is 0 Å². The Labute approximate surface area is 107 Å². The highest BCUT2D eigenvalue weighted by Gasteiger charge is 2.12. The second-order valence-electron chi connectivity index (χ2n) is 3.89. The summed E-state index contributed by atoms with van der Waals surface area (Å²) < 4.78 is 0. The van der Waals surface area contributed by atoms with Gasteiger partial charge in [-0.05, 0) is 30.0 Å². The standard InChI is InChI=1S/C12H15Cl3/c1-3-8(2)6-11(14)9-4-5-10(13)12(15)7-9/h4-5,7-8,11H,3,6H2,1-2H3. The van der Waals surface area contributed by atoms with Gasteiger partial charge in [-0.2, -0.15) is 0 Å². The minimum absolute atomic E-state index is 0.0229. The van der Waals surface area contributed by atoms with Gasteiger partial charge in [-0.3, -0.25) is 0 Å². The summed E-state index contributed by atoms with van der Waals surface area (Å²) in [6.07, 6.45) is 2.11. The molecule has 0 N–H and O–H groups in total. The van der Waals surface area contributed by atoms with E-state index in [1.54, 1.807) is 6.07 Å². The van der Waals surface area contributed by atoms with Crippen LogP contribution in [0.1, 0.15) is 37.6 Å². The highest BCUT2D eigenvalue weighted by atomic mass is 35.5. The molecule has 1 aromatic rings. The third-order valence-corrected chi connectivity index (χ3v) is 3.78. The first-order chi connectivity index (χ1) is 7.04. The number of benzene rings is 1. The van der Waals surface area contributed by atoms with E-state index in [-0.39, 0.29) is 5.38 Å². The maximum atomic E-state index is 6.30. The summed E-state index contributed by atoms with van der Waals surface area (Å²) in [5, 5.41) is 1.17. The average molecular weight is 266 g/mol. The van der Waals surface area contributed by atoms with Crippen LogP contribution in [0.15, 0.2) is 18.2 Å². The van der Waals surface area contributed by atoms with E-state index >= 15 is 0 Å². The molecule has 2 unspecified atom stereocenters. The highest BCUT2D eigenvalue weighted by molar-refractivity contribution is 6.42. The molecule has 0 amide bonds. The predicted octanol–water partition coefficient (Wildman–Crippen LogP) is 5.71. The van der Waals surface area contributed by atoms with Gasteiger partial charge in [0.25, 0.3) is 0 Å². The summed E-state index contributed by atoms with van der Waals surface area (Å²) >= 11 is 18.1. The molecule has 84 valence electrons. The van der Waals surface area contributed by atoms with E-state index in [4.69, 9.17) is 34.8 Å². The van der Waals surface area contributed by atoms with Crippen molar-refractivity contribution in [1.82, 2.24) is 0 Å². The van der Waals surface area contributed by atoms with Crippen molar-refractivity contribution in [2.24, 2.45) is 5.92 Å². The van der Waals surface area contributed by atoms with Gasteiger partial charge in [-0.15, -0.1) is 11.6 Å². The van der Waals surface area contributed by atoms with Gasteiger partial charge in [-0.1, -0.05) is 49.5 Å². The van der Waals surface area contributed by atoms with Crippen molar-refractivity contribution in [2.75, 3.05) is 0 Å². The Morgan fingerprint density at radius 2 is 1.87 bits per heavy atom. The minimum atomic E-state index is 0.0229. The monoisotopic (exact) mass is 264 g/mol. The van der Waals surface area contributed by atoms with Gasteiger partial charge >= 0.3 is 0 Å². The van der Waals surface area contributed by atoms with E-state index in [0.29, 0.717) is 16.0 Å². The first-order valence-electron chi connectivity index (χ1n) is 5.13. The number of hydrogen-bond acceptors (Lipinski definition) is 0. The molecule has 0 bridgehead atoms. The molecular formula is C12H15Cl3. The van der Waals surface area contributed by atoms with Crippen molar-refractivity contribution in [2.45, 2.75) is 32.1 Å². The van der Waals surface area contributed by atoms with Crippen LogP contribution in [0.3, 0.4) is 0 Å². The summed E-state index contributed by atoms with van der Waals surface area (Å²) in [6.45, 7) is 4.37. The maximum absolute atomic E-state index is 6.30. The van der Waals surface area contributed by atoms with Crippen LogP contribution in [0.5, 0.6) is 0 Å². The van der Waals surface area contributed by atoms with Gasteiger partial charge in [0, 0.05) is 0 Å². The average Bonchev–Trinajstić information content (AvgIpc) is 2.21. The summed E-state index contributed by atoms with van der Waals surface area (Å²) in [6, 6.07) is 5.59. The number of hydrogen-bond donors (Lipinski definition) is 0. The lowest BCUT2D eigenvalue weighted by Crippen LogP contribution is -1.99. The Bertz CT molecular complexity index is 323. The van der Waals surface area contributed by atoms with Crippen molar-refractivity contribution in [3.05, 3.63) is 33.8 Å². The topological polar surface area (TPSA) is 0 Å². The molecule has 0 fully saturated rings. The van der Waals surface area contributed by atoms with E-state index in [1.807, 2.05) is 12.1 Å². The Kier molecular flexibility index (Phi) is 5.25. The summed E-state index contributed by atoms with van der Waals surface area (Å²) in [5.74, 6) is 0.627. The first-order valence-corrected chi connectivity index (χ1v) is 6.32. The normalized spacial score (nSPS) is 15.0. The summed E-state index contributed by atoms with van der Waals surface area (Å²) in [4.78, 5) is 0. The first kappa shape index (κ1) is 13.2. The summed E-state index contributed by atoms with van der Waals surface area (Å²) in [5.41, 5.74) is 1.05. The second-order valence-corrected chi connectivity index (χ2v) is 5.23. The Morgan fingerprint density at radius 3 is 2.40 bits per heavy atom. The van der Waals surface area contributed by atoms with Gasteiger partial charge in [0.15, 0.2) is 0 Å². The number of alkyl halides is 1. The fraction of sp³-hybridized carbons (Fsp3) is 0.500. The van der Waals surface area contributed by atoms with Crippen LogP contribution in [0, 0.1) is 5.92 Å². The molecule has 2 atom stereocenters. The molecule has 0 spiro atoms. The van der Waals surface area contributed by atoms with Crippen LogP contribution >= 0.6 is 34.8 Å². The lowest BCUT2D eigenvalue weighted by Gasteiger charge is -2.14. The molecule has 0 aliphatic heterocycles.